The van der Waals surface area contributed by atoms with Gasteiger partial charge in [0.2, 0.25) is 0 Å². The maximum atomic E-state index is 5.59. The maximum Gasteiger partial charge on any atom is 0.0588 e. The zero-order valence-electron chi connectivity index (χ0n) is 11.8. The van der Waals surface area contributed by atoms with E-state index in [4.69, 9.17) is 4.74 Å². The number of benzene rings is 1. The Morgan fingerprint density at radius 3 is 2.85 bits per heavy atom. The summed E-state index contributed by atoms with van der Waals surface area (Å²) in [4.78, 5) is 1.40. The number of hydrogen-bond donors (Lipinski definition) is 1. The van der Waals surface area contributed by atoms with Crippen LogP contribution in [-0.4, -0.2) is 19.3 Å². The molecule has 0 spiro atoms. The molecule has 0 bridgehead atoms. The topological polar surface area (TPSA) is 21.3 Å². The Hall–Kier alpha value is -1.16. The third-order valence-electron chi connectivity index (χ3n) is 4.00. The summed E-state index contributed by atoms with van der Waals surface area (Å²) >= 11 is 1.83. The van der Waals surface area contributed by atoms with Gasteiger partial charge in [0.15, 0.2) is 0 Å². The van der Waals surface area contributed by atoms with Gasteiger partial charge in [0.25, 0.3) is 0 Å². The summed E-state index contributed by atoms with van der Waals surface area (Å²) in [6.45, 7) is 5.11. The van der Waals surface area contributed by atoms with Crippen molar-refractivity contribution in [2.75, 3.05) is 13.2 Å². The summed E-state index contributed by atoms with van der Waals surface area (Å²) < 4.78 is 5.59. The SMILES string of the molecule is CC1OCCC1CNCc1cc(-c2ccccc2)cs1. The molecule has 1 aliphatic rings. The lowest BCUT2D eigenvalue weighted by Gasteiger charge is -2.14. The van der Waals surface area contributed by atoms with Gasteiger partial charge in [0.1, 0.15) is 0 Å². The number of rotatable bonds is 5. The summed E-state index contributed by atoms with van der Waals surface area (Å²) in [7, 11) is 0. The third kappa shape index (κ3) is 3.29. The van der Waals surface area contributed by atoms with E-state index >= 15 is 0 Å². The average molecular weight is 287 g/mol. The predicted molar refractivity (Wildman–Crippen MR) is 85.0 cm³/mol. The number of hydrogen-bond acceptors (Lipinski definition) is 3. The van der Waals surface area contributed by atoms with Crippen LogP contribution in [0.3, 0.4) is 0 Å². The van der Waals surface area contributed by atoms with Crippen molar-refractivity contribution in [1.29, 1.82) is 0 Å². The molecule has 106 valence electrons. The van der Waals surface area contributed by atoms with Crippen LogP contribution in [0.2, 0.25) is 0 Å². The van der Waals surface area contributed by atoms with Gasteiger partial charge in [0.05, 0.1) is 6.10 Å². The van der Waals surface area contributed by atoms with Crippen LogP contribution in [0.5, 0.6) is 0 Å². The third-order valence-corrected chi connectivity index (χ3v) is 4.94. The van der Waals surface area contributed by atoms with Gasteiger partial charge in [0, 0.05) is 24.6 Å². The van der Waals surface area contributed by atoms with Gasteiger partial charge >= 0.3 is 0 Å². The fourth-order valence-corrected chi connectivity index (χ4v) is 3.54. The zero-order valence-corrected chi connectivity index (χ0v) is 12.7. The Balaban J connectivity index is 1.53. The summed E-state index contributed by atoms with van der Waals surface area (Å²) in [6.07, 6.45) is 1.60. The lowest BCUT2D eigenvalue weighted by molar-refractivity contribution is 0.105. The van der Waals surface area contributed by atoms with E-state index in [2.05, 4.69) is 54.0 Å². The van der Waals surface area contributed by atoms with Crippen molar-refractivity contribution in [2.24, 2.45) is 5.92 Å². The second kappa shape index (κ2) is 6.53. The fourth-order valence-electron chi connectivity index (χ4n) is 2.68. The van der Waals surface area contributed by atoms with Crippen molar-refractivity contribution in [3.8, 4) is 11.1 Å². The van der Waals surface area contributed by atoms with Crippen LogP contribution < -0.4 is 5.32 Å². The first-order valence-electron chi connectivity index (χ1n) is 7.28. The van der Waals surface area contributed by atoms with Crippen LogP contribution in [0.25, 0.3) is 11.1 Å². The highest BCUT2D eigenvalue weighted by atomic mass is 32.1. The van der Waals surface area contributed by atoms with E-state index in [1.54, 1.807) is 0 Å². The van der Waals surface area contributed by atoms with Crippen LogP contribution in [0.4, 0.5) is 0 Å². The summed E-state index contributed by atoms with van der Waals surface area (Å²) in [6, 6.07) is 12.9. The van der Waals surface area contributed by atoms with Gasteiger partial charge in [-0.3, -0.25) is 0 Å². The number of ether oxygens (including phenoxy) is 1. The molecular formula is C17H21NOS. The van der Waals surface area contributed by atoms with Gasteiger partial charge in [-0.05, 0) is 41.8 Å². The molecule has 2 aromatic rings. The normalized spacial score (nSPS) is 22.2. The van der Waals surface area contributed by atoms with Crippen LogP contribution >= 0.6 is 11.3 Å². The average Bonchev–Trinajstić information content (AvgIpc) is 3.10. The molecule has 1 fully saturated rings. The van der Waals surface area contributed by atoms with Gasteiger partial charge in [-0.2, -0.15) is 0 Å². The highest BCUT2D eigenvalue weighted by Crippen LogP contribution is 2.25. The molecule has 0 saturated carbocycles. The molecule has 1 aromatic heterocycles. The van der Waals surface area contributed by atoms with E-state index in [-0.39, 0.29) is 0 Å². The van der Waals surface area contributed by atoms with Crippen molar-refractivity contribution in [2.45, 2.75) is 26.0 Å². The Morgan fingerprint density at radius 2 is 2.10 bits per heavy atom. The molecule has 0 amide bonds. The minimum Gasteiger partial charge on any atom is -0.378 e. The van der Waals surface area contributed by atoms with Crippen LogP contribution in [0, 0.1) is 5.92 Å². The second-order valence-corrected chi connectivity index (χ2v) is 6.42. The smallest absolute Gasteiger partial charge is 0.0588 e. The van der Waals surface area contributed by atoms with Crippen molar-refractivity contribution >= 4 is 11.3 Å². The lowest BCUT2D eigenvalue weighted by atomic mass is 10.0. The molecule has 3 heteroatoms. The van der Waals surface area contributed by atoms with E-state index in [0.717, 1.165) is 19.7 Å². The quantitative estimate of drug-likeness (QED) is 0.899. The Bertz CT molecular complexity index is 537. The predicted octanol–water partition coefficient (Wildman–Crippen LogP) is 3.93. The van der Waals surface area contributed by atoms with Gasteiger partial charge in [-0.1, -0.05) is 30.3 Å². The Kier molecular flexibility index (Phi) is 4.51. The Labute approximate surface area is 124 Å². The minimum absolute atomic E-state index is 0.408. The van der Waals surface area contributed by atoms with E-state index in [0.29, 0.717) is 12.0 Å². The highest BCUT2D eigenvalue weighted by Gasteiger charge is 2.23. The van der Waals surface area contributed by atoms with Crippen LogP contribution in [-0.2, 0) is 11.3 Å². The molecule has 20 heavy (non-hydrogen) atoms. The zero-order chi connectivity index (χ0) is 13.8. The van der Waals surface area contributed by atoms with Crippen molar-refractivity contribution in [3.63, 3.8) is 0 Å². The molecule has 1 N–H and O–H groups in total. The molecule has 2 atom stereocenters. The number of thiophene rings is 1. The molecular weight excluding hydrogens is 266 g/mol. The number of nitrogens with one attached hydrogen (secondary N) is 1. The van der Waals surface area contributed by atoms with Gasteiger partial charge in [-0.15, -0.1) is 11.3 Å². The first-order chi connectivity index (χ1) is 9.83. The van der Waals surface area contributed by atoms with E-state index in [1.807, 2.05) is 11.3 Å². The van der Waals surface area contributed by atoms with E-state index < -0.39 is 0 Å². The lowest BCUT2D eigenvalue weighted by Crippen LogP contribution is -2.26. The minimum atomic E-state index is 0.408. The highest BCUT2D eigenvalue weighted by molar-refractivity contribution is 7.10. The van der Waals surface area contributed by atoms with E-state index in [9.17, 15) is 0 Å². The van der Waals surface area contributed by atoms with E-state index in [1.165, 1.54) is 22.4 Å². The molecule has 1 aromatic carbocycles. The molecule has 0 aliphatic carbocycles. The fraction of sp³-hybridized carbons (Fsp3) is 0.412. The molecule has 2 heterocycles. The van der Waals surface area contributed by atoms with Crippen LogP contribution in [0.1, 0.15) is 18.2 Å². The molecule has 0 radical (unpaired) electrons. The summed E-state index contributed by atoms with van der Waals surface area (Å²) in [5.41, 5.74) is 2.62. The summed E-state index contributed by atoms with van der Waals surface area (Å²) in [5, 5.41) is 5.81. The molecule has 1 aliphatic heterocycles. The first kappa shape index (κ1) is 13.8. The molecule has 2 unspecified atom stereocenters. The van der Waals surface area contributed by atoms with Crippen molar-refractivity contribution in [1.82, 2.24) is 5.32 Å². The maximum absolute atomic E-state index is 5.59. The standard InChI is InChI=1S/C17H21NOS/c1-13-15(7-8-19-13)10-18-11-17-9-16(12-20-17)14-5-3-2-4-6-14/h2-6,9,12-13,15,18H,7-8,10-11H2,1H3. The van der Waals surface area contributed by atoms with Gasteiger partial charge < -0.3 is 10.1 Å². The Morgan fingerprint density at radius 1 is 1.25 bits per heavy atom. The van der Waals surface area contributed by atoms with Crippen molar-refractivity contribution in [3.05, 3.63) is 46.7 Å². The molecule has 1 saturated heterocycles. The first-order valence-corrected chi connectivity index (χ1v) is 8.16. The summed E-state index contributed by atoms with van der Waals surface area (Å²) in [5.74, 6) is 0.670. The monoisotopic (exact) mass is 287 g/mol. The van der Waals surface area contributed by atoms with Crippen molar-refractivity contribution < 1.29 is 4.74 Å². The largest absolute Gasteiger partial charge is 0.378 e. The molecule has 3 rings (SSSR count). The molecule has 2 nitrogen and oxygen atoms in total. The van der Waals surface area contributed by atoms with Gasteiger partial charge in [-0.25, -0.2) is 0 Å². The van der Waals surface area contributed by atoms with Crippen LogP contribution in [0.15, 0.2) is 41.8 Å². The second-order valence-electron chi connectivity index (χ2n) is 5.42.